The first-order chi connectivity index (χ1) is 29.3. The summed E-state index contributed by atoms with van der Waals surface area (Å²) in [6.45, 7) is 0. The molecule has 0 saturated carbocycles. The lowest BCUT2D eigenvalue weighted by Gasteiger charge is -2.15. The van der Waals surface area contributed by atoms with Crippen LogP contribution >= 0.6 is 0 Å². The van der Waals surface area contributed by atoms with Gasteiger partial charge in [0.2, 0.25) is 5.95 Å². The summed E-state index contributed by atoms with van der Waals surface area (Å²) in [5.74, 6) is 0.623. The standard InChI is InChI=1S/C54H32N4O/c1-2-13-33(14-3-1)34-25-27-36(28-26-34)50-42-19-6-9-21-44(42)55-54(56-50)58-46-22-10-7-18-38(46)39-29-30-41-40-31-32-48-49(43-20-8-11-24-47(43)59-48)51(40)57(52(41)53(39)58)45-23-12-16-35-15-4-5-17-37(35)45/h1-32H. The van der Waals surface area contributed by atoms with Gasteiger partial charge in [0.25, 0.3) is 0 Å². The van der Waals surface area contributed by atoms with Crippen LogP contribution in [0.15, 0.2) is 199 Å². The van der Waals surface area contributed by atoms with E-state index >= 15 is 0 Å². The van der Waals surface area contributed by atoms with Gasteiger partial charge in [0.05, 0.1) is 44.4 Å². The monoisotopic (exact) mass is 752 g/mol. The van der Waals surface area contributed by atoms with Gasteiger partial charge in [0.15, 0.2) is 0 Å². The summed E-state index contributed by atoms with van der Waals surface area (Å²) in [5.41, 5.74) is 12.3. The normalized spacial score (nSPS) is 12.1. The summed E-state index contributed by atoms with van der Waals surface area (Å²) in [6, 6.07) is 68.8. The Hall–Kier alpha value is -8.02. The number of para-hydroxylation sites is 3. The van der Waals surface area contributed by atoms with E-state index in [4.69, 9.17) is 14.4 Å². The largest absolute Gasteiger partial charge is 0.456 e. The molecule has 0 unspecified atom stereocenters. The van der Waals surface area contributed by atoms with E-state index in [9.17, 15) is 0 Å². The van der Waals surface area contributed by atoms with Crippen molar-refractivity contribution in [3.8, 4) is 34.0 Å². The molecule has 0 aliphatic heterocycles. The first-order valence-corrected chi connectivity index (χ1v) is 20.0. The van der Waals surface area contributed by atoms with Crippen LogP contribution in [0.1, 0.15) is 0 Å². The van der Waals surface area contributed by atoms with Crippen LogP contribution < -0.4 is 0 Å². The van der Waals surface area contributed by atoms with Crippen molar-refractivity contribution in [2.75, 3.05) is 0 Å². The predicted octanol–water partition coefficient (Wildman–Crippen LogP) is 14.2. The van der Waals surface area contributed by atoms with E-state index < -0.39 is 0 Å². The highest BCUT2D eigenvalue weighted by atomic mass is 16.3. The van der Waals surface area contributed by atoms with Gasteiger partial charge in [-0.15, -0.1) is 0 Å². The zero-order chi connectivity index (χ0) is 38.6. The molecule has 5 heteroatoms. The fraction of sp³-hybridized carbons (Fsp3) is 0. The summed E-state index contributed by atoms with van der Waals surface area (Å²) < 4.78 is 11.3. The molecular formula is C54H32N4O. The molecule has 0 aliphatic rings. The van der Waals surface area contributed by atoms with Crippen molar-refractivity contribution in [1.82, 2.24) is 19.1 Å². The molecular weight excluding hydrogens is 721 g/mol. The molecule has 0 bridgehead atoms. The van der Waals surface area contributed by atoms with E-state index in [0.717, 1.165) is 93.4 Å². The highest BCUT2D eigenvalue weighted by Gasteiger charge is 2.26. The lowest BCUT2D eigenvalue weighted by Crippen LogP contribution is -2.05. The number of benzene rings is 9. The van der Waals surface area contributed by atoms with Gasteiger partial charge in [-0.05, 0) is 52.9 Å². The Bertz CT molecular complexity index is 3830. The van der Waals surface area contributed by atoms with Crippen LogP contribution in [0.25, 0.3) is 121 Å². The number of hydrogen-bond acceptors (Lipinski definition) is 3. The zero-order valence-corrected chi connectivity index (χ0v) is 31.7. The van der Waals surface area contributed by atoms with E-state index in [0.29, 0.717) is 5.95 Å². The minimum atomic E-state index is 0.623. The quantitative estimate of drug-likeness (QED) is 0.180. The van der Waals surface area contributed by atoms with Crippen LogP contribution in [-0.2, 0) is 0 Å². The minimum Gasteiger partial charge on any atom is -0.456 e. The third kappa shape index (κ3) is 4.61. The van der Waals surface area contributed by atoms with Gasteiger partial charge >= 0.3 is 0 Å². The van der Waals surface area contributed by atoms with Crippen molar-refractivity contribution in [3.05, 3.63) is 194 Å². The third-order valence-electron chi connectivity index (χ3n) is 12.1. The van der Waals surface area contributed by atoms with Gasteiger partial charge < -0.3 is 8.98 Å². The number of hydrogen-bond donors (Lipinski definition) is 0. The lowest BCUT2D eigenvalue weighted by atomic mass is 10.0. The Balaban J connectivity index is 1.20. The van der Waals surface area contributed by atoms with E-state index in [1.807, 2.05) is 6.07 Å². The fourth-order valence-electron chi connectivity index (χ4n) is 9.53. The molecule has 0 atom stereocenters. The van der Waals surface area contributed by atoms with Crippen LogP contribution in [0.4, 0.5) is 0 Å². The average Bonchev–Trinajstić information content (AvgIpc) is 3.96. The molecule has 0 spiro atoms. The average molecular weight is 753 g/mol. The van der Waals surface area contributed by atoms with Gasteiger partial charge in [-0.3, -0.25) is 4.57 Å². The van der Waals surface area contributed by atoms with Crippen molar-refractivity contribution in [3.63, 3.8) is 0 Å². The van der Waals surface area contributed by atoms with Gasteiger partial charge in [-0.25, -0.2) is 9.97 Å². The summed E-state index contributed by atoms with van der Waals surface area (Å²) >= 11 is 0. The molecule has 59 heavy (non-hydrogen) atoms. The highest BCUT2D eigenvalue weighted by molar-refractivity contribution is 6.29. The molecule has 13 rings (SSSR count). The van der Waals surface area contributed by atoms with Gasteiger partial charge in [0.1, 0.15) is 11.2 Å². The van der Waals surface area contributed by atoms with Gasteiger partial charge in [0, 0.05) is 43.3 Å². The van der Waals surface area contributed by atoms with Crippen LogP contribution in [0.2, 0.25) is 0 Å². The van der Waals surface area contributed by atoms with Crippen molar-refractivity contribution in [2.24, 2.45) is 0 Å². The van der Waals surface area contributed by atoms with Crippen molar-refractivity contribution < 1.29 is 4.42 Å². The zero-order valence-electron chi connectivity index (χ0n) is 31.7. The van der Waals surface area contributed by atoms with Crippen LogP contribution in [0.5, 0.6) is 0 Å². The Morgan fingerprint density at radius 1 is 0.356 bits per heavy atom. The smallest absolute Gasteiger partial charge is 0.235 e. The molecule has 274 valence electrons. The minimum absolute atomic E-state index is 0.623. The third-order valence-corrected chi connectivity index (χ3v) is 12.1. The summed E-state index contributed by atoms with van der Waals surface area (Å²) in [5, 5.41) is 10.1. The van der Waals surface area contributed by atoms with Crippen molar-refractivity contribution in [2.45, 2.75) is 0 Å². The van der Waals surface area contributed by atoms with E-state index in [-0.39, 0.29) is 0 Å². The molecule has 0 radical (unpaired) electrons. The van der Waals surface area contributed by atoms with Crippen LogP contribution in [-0.4, -0.2) is 19.1 Å². The summed E-state index contributed by atoms with van der Waals surface area (Å²) in [6.07, 6.45) is 0. The molecule has 0 N–H and O–H groups in total. The van der Waals surface area contributed by atoms with Gasteiger partial charge in [-0.1, -0.05) is 158 Å². The van der Waals surface area contributed by atoms with Gasteiger partial charge in [-0.2, -0.15) is 0 Å². The first kappa shape index (κ1) is 32.1. The topological polar surface area (TPSA) is 48.8 Å². The molecule has 0 amide bonds. The van der Waals surface area contributed by atoms with E-state index in [1.54, 1.807) is 0 Å². The number of nitrogens with zero attached hydrogens (tertiary/aromatic N) is 4. The first-order valence-electron chi connectivity index (χ1n) is 20.0. The Labute approximate surface area is 337 Å². The predicted molar refractivity (Wildman–Crippen MR) is 244 cm³/mol. The highest BCUT2D eigenvalue weighted by Crippen LogP contribution is 2.46. The molecule has 0 fully saturated rings. The maximum absolute atomic E-state index is 6.55. The maximum Gasteiger partial charge on any atom is 0.235 e. The number of rotatable bonds is 4. The second kappa shape index (κ2) is 12.2. The SMILES string of the molecule is c1ccc(-c2ccc(-c3nc(-n4c5ccccc5c5ccc6c7ccc8oc9ccccc9c8c7n(-c7cccc8ccccc78)c6c54)nc4ccccc34)cc2)cc1. The van der Waals surface area contributed by atoms with E-state index in [2.05, 4.69) is 197 Å². The second-order valence-electron chi connectivity index (χ2n) is 15.3. The molecule has 4 heterocycles. The van der Waals surface area contributed by atoms with Crippen LogP contribution in [0, 0.1) is 0 Å². The molecule has 0 aliphatic carbocycles. The van der Waals surface area contributed by atoms with Crippen LogP contribution in [0.3, 0.4) is 0 Å². The molecule has 0 saturated heterocycles. The fourth-order valence-corrected chi connectivity index (χ4v) is 9.53. The maximum atomic E-state index is 6.55. The molecule has 9 aromatic carbocycles. The Kier molecular flexibility index (Phi) is 6.66. The molecule has 5 nitrogen and oxygen atoms in total. The van der Waals surface area contributed by atoms with Crippen molar-refractivity contribution in [1.29, 1.82) is 0 Å². The Morgan fingerprint density at radius 3 is 1.83 bits per heavy atom. The summed E-state index contributed by atoms with van der Waals surface area (Å²) in [4.78, 5) is 10.9. The Morgan fingerprint density at radius 2 is 0.966 bits per heavy atom. The summed E-state index contributed by atoms with van der Waals surface area (Å²) in [7, 11) is 0. The molecule has 4 aromatic heterocycles. The van der Waals surface area contributed by atoms with Crippen molar-refractivity contribution >= 4 is 87.2 Å². The lowest BCUT2D eigenvalue weighted by molar-refractivity contribution is 0.669. The number of fused-ring (bicyclic) bond motifs is 13. The van der Waals surface area contributed by atoms with E-state index in [1.165, 1.54) is 21.9 Å². The molecule has 13 aromatic rings. The number of aromatic nitrogens is 4. The number of furan rings is 1. The second-order valence-corrected chi connectivity index (χ2v) is 15.3.